The minimum absolute atomic E-state index is 0.0953. The molecule has 0 aliphatic carbocycles. The lowest BCUT2D eigenvalue weighted by Crippen LogP contribution is -2.07. The molecular formula is C12H12N2O2. The van der Waals surface area contributed by atoms with E-state index in [4.69, 9.17) is 14.8 Å². The second-order valence-electron chi connectivity index (χ2n) is 3.56. The Morgan fingerprint density at radius 1 is 1.50 bits per heavy atom. The summed E-state index contributed by atoms with van der Waals surface area (Å²) in [5.41, 5.74) is 1.91. The number of benzene rings is 1. The molecule has 4 heteroatoms. The number of methoxy groups -OCH3 is 1. The molecule has 0 aromatic heterocycles. The highest BCUT2D eigenvalue weighted by Crippen LogP contribution is 2.20. The maximum absolute atomic E-state index is 8.55. The van der Waals surface area contributed by atoms with Gasteiger partial charge in [-0.1, -0.05) is 5.16 Å². The van der Waals surface area contributed by atoms with Crippen LogP contribution in [0.5, 0.6) is 5.75 Å². The van der Waals surface area contributed by atoms with Crippen LogP contribution in [0.25, 0.3) is 0 Å². The average Bonchev–Trinajstić information content (AvgIpc) is 2.78. The van der Waals surface area contributed by atoms with Crippen molar-refractivity contribution in [1.29, 1.82) is 5.26 Å². The molecule has 0 bridgehead atoms. The minimum Gasteiger partial charge on any atom is -0.497 e. The first kappa shape index (κ1) is 10.5. The van der Waals surface area contributed by atoms with Crippen LogP contribution in [0.15, 0.2) is 29.4 Å². The highest BCUT2D eigenvalue weighted by Gasteiger charge is 2.21. The fourth-order valence-corrected chi connectivity index (χ4v) is 1.59. The molecule has 1 aliphatic rings. The molecule has 16 heavy (non-hydrogen) atoms. The fourth-order valence-electron chi connectivity index (χ4n) is 1.59. The van der Waals surface area contributed by atoms with Crippen molar-refractivity contribution in [3.63, 3.8) is 0 Å². The van der Waals surface area contributed by atoms with E-state index >= 15 is 0 Å². The van der Waals surface area contributed by atoms with Crippen molar-refractivity contribution >= 4 is 5.71 Å². The smallest absolute Gasteiger partial charge is 0.146 e. The third-order valence-electron chi connectivity index (χ3n) is 2.48. The maximum atomic E-state index is 8.55. The zero-order valence-electron chi connectivity index (χ0n) is 9.01. The molecule has 2 rings (SSSR count). The zero-order valence-corrected chi connectivity index (χ0v) is 9.01. The Hall–Kier alpha value is -2.02. The van der Waals surface area contributed by atoms with E-state index in [9.17, 15) is 0 Å². The summed E-state index contributed by atoms with van der Waals surface area (Å²) in [7, 11) is 1.63. The van der Waals surface area contributed by atoms with Crippen molar-refractivity contribution in [3.05, 3.63) is 29.8 Å². The topological polar surface area (TPSA) is 54.6 Å². The molecule has 0 fully saturated rings. The van der Waals surface area contributed by atoms with Gasteiger partial charge in [-0.3, -0.25) is 0 Å². The summed E-state index contributed by atoms with van der Waals surface area (Å²) in [4.78, 5) is 5.15. The summed E-state index contributed by atoms with van der Waals surface area (Å²) < 4.78 is 5.08. The van der Waals surface area contributed by atoms with E-state index in [1.54, 1.807) is 7.11 Å². The van der Waals surface area contributed by atoms with E-state index < -0.39 is 0 Å². The van der Waals surface area contributed by atoms with Crippen LogP contribution in [0.3, 0.4) is 0 Å². The van der Waals surface area contributed by atoms with Crippen molar-refractivity contribution in [1.82, 2.24) is 0 Å². The molecule has 1 heterocycles. The number of nitrogens with zero attached hydrogens (tertiary/aromatic N) is 2. The Morgan fingerprint density at radius 3 is 2.88 bits per heavy atom. The van der Waals surface area contributed by atoms with Gasteiger partial charge in [-0.25, -0.2) is 0 Å². The summed E-state index contributed by atoms with van der Waals surface area (Å²) in [6.45, 7) is 0. The number of rotatable bonds is 3. The van der Waals surface area contributed by atoms with Gasteiger partial charge in [0.1, 0.15) is 11.9 Å². The Labute approximate surface area is 94.1 Å². The van der Waals surface area contributed by atoms with Crippen LogP contribution in [0.2, 0.25) is 0 Å². The highest BCUT2D eigenvalue weighted by atomic mass is 16.6. The van der Waals surface area contributed by atoms with Crippen molar-refractivity contribution < 1.29 is 9.57 Å². The molecule has 0 amide bonds. The van der Waals surface area contributed by atoms with Gasteiger partial charge in [0.15, 0.2) is 0 Å². The van der Waals surface area contributed by atoms with Crippen LogP contribution < -0.4 is 4.74 Å². The summed E-state index contributed by atoms with van der Waals surface area (Å²) in [5.74, 6) is 0.817. The molecule has 82 valence electrons. The van der Waals surface area contributed by atoms with Crippen molar-refractivity contribution in [3.8, 4) is 11.8 Å². The second-order valence-corrected chi connectivity index (χ2v) is 3.56. The largest absolute Gasteiger partial charge is 0.497 e. The first-order valence-electron chi connectivity index (χ1n) is 5.07. The van der Waals surface area contributed by atoms with Gasteiger partial charge in [0.05, 0.1) is 25.3 Å². The molecule has 4 nitrogen and oxygen atoms in total. The molecular weight excluding hydrogens is 204 g/mol. The monoisotopic (exact) mass is 216 g/mol. The molecule has 1 atom stereocenters. The second kappa shape index (κ2) is 4.67. The molecule has 1 aromatic carbocycles. The summed E-state index contributed by atoms with van der Waals surface area (Å²) in [6, 6.07) is 9.73. The molecule has 0 unspecified atom stereocenters. The molecule has 1 aliphatic heterocycles. The SMILES string of the molecule is COc1ccc(C2=NO[C@@H](CC#N)C2)cc1. The minimum atomic E-state index is -0.0953. The Bertz CT molecular complexity index is 431. The number of ether oxygens (including phenoxy) is 1. The first-order valence-corrected chi connectivity index (χ1v) is 5.07. The third-order valence-corrected chi connectivity index (χ3v) is 2.48. The third kappa shape index (κ3) is 2.14. The van der Waals surface area contributed by atoms with Crippen LogP contribution in [0, 0.1) is 11.3 Å². The van der Waals surface area contributed by atoms with Crippen LogP contribution >= 0.6 is 0 Å². The Kier molecular flexibility index (Phi) is 3.06. The Balaban J connectivity index is 2.06. The summed E-state index contributed by atoms with van der Waals surface area (Å²) in [6.07, 6.45) is 0.977. The van der Waals surface area contributed by atoms with E-state index in [2.05, 4.69) is 11.2 Å². The summed E-state index contributed by atoms with van der Waals surface area (Å²) >= 11 is 0. The van der Waals surface area contributed by atoms with Gasteiger partial charge < -0.3 is 9.57 Å². The number of nitriles is 1. The number of hydrogen-bond acceptors (Lipinski definition) is 4. The average molecular weight is 216 g/mol. The first-order chi connectivity index (χ1) is 7.83. The van der Waals surface area contributed by atoms with Gasteiger partial charge in [0.2, 0.25) is 0 Å². The van der Waals surface area contributed by atoms with Gasteiger partial charge in [0, 0.05) is 6.42 Å². The fraction of sp³-hybridized carbons (Fsp3) is 0.333. The predicted octanol–water partition coefficient (Wildman–Crippen LogP) is 2.10. The lowest BCUT2D eigenvalue weighted by molar-refractivity contribution is 0.0891. The van der Waals surface area contributed by atoms with Crippen LogP contribution in [0.1, 0.15) is 18.4 Å². The van der Waals surface area contributed by atoms with E-state index in [0.717, 1.165) is 17.0 Å². The van der Waals surface area contributed by atoms with Crippen LogP contribution in [-0.2, 0) is 4.84 Å². The van der Waals surface area contributed by atoms with Crippen molar-refractivity contribution in [2.75, 3.05) is 7.11 Å². The lowest BCUT2D eigenvalue weighted by atomic mass is 10.0. The number of oxime groups is 1. The van der Waals surface area contributed by atoms with Crippen molar-refractivity contribution in [2.24, 2.45) is 5.16 Å². The molecule has 0 saturated heterocycles. The molecule has 0 spiro atoms. The molecule has 0 radical (unpaired) electrons. The predicted molar refractivity (Wildman–Crippen MR) is 59.3 cm³/mol. The van der Waals surface area contributed by atoms with Gasteiger partial charge in [0.25, 0.3) is 0 Å². The number of hydrogen-bond donors (Lipinski definition) is 0. The quantitative estimate of drug-likeness (QED) is 0.777. The van der Waals surface area contributed by atoms with E-state index in [1.807, 2.05) is 24.3 Å². The molecule has 0 saturated carbocycles. The van der Waals surface area contributed by atoms with Crippen LogP contribution in [-0.4, -0.2) is 18.9 Å². The van der Waals surface area contributed by atoms with Gasteiger partial charge in [-0.05, 0) is 29.8 Å². The Morgan fingerprint density at radius 2 is 2.25 bits per heavy atom. The maximum Gasteiger partial charge on any atom is 0.146 e. The van der Waals surface area contributed by atoms with Crippen molar-refractivity contribution in [2.45, 2.75) is 18.9 Å². The highest BCUT2D eigenvalue weighted by molar-refractivity contribution is 6.01. The normalized spacial score (nSPS) is 18.5. The molecule has 0 N–H and O–H groups in total. The van der Waals surface area contributed by atoms with Gasteiger partial charge in [-0.15, -0.1) is 0 Å². The van der Waals surface area contributed by atoms with E-state index in [0.29, 0.717) is 12.8 Å². The molecule has 1 aromatic rings. The standard InChI is InChI=1S/C12H12N2O2/c1-15-10-4-2-9(3-5-10)12-8-11(6-7-13)16-14-12/h2-5,11H,6,8H2,1H3/t11-/m0/s1. The summed E-state index contributed by atoms with van der Waals surface area (Å²) in [5, 5.41) is 12.5. The van der Waals surface area contributed by atoms with Crippen LogP contribution in [0.4, 0.5) is 0 Å². The van der Waals surface area contributed by atoms with E-state index in [-0.39, 0.29) is 6.10 Å². The lowest BCUT2D eigenvalue weighted by Gasteiger charge is -2.02. The zero-order chi connectivity index (χ0) is 11.4. The van der Waals surface area contributed by atoms with E-state index in [1.165, 1.54) is 0 Å². The van der Waals surface area contributed by atoms with Gasteiger partial charge in [-0.2, -0.15) is 5.26 Å². The van der Waals surface area contributed by atoms with Gasteiger partial charge >= 0.3 is 0 Å².